The predicted molar refractivity (Wildman–Crippen MR) is 99.6 cm³/mol. The maximum absolute atomic E-state index is 12.2. The van der Waals surface area contributed by atoms with Gasteiger partial charge in [-0.3, -0.25) is 0 Å². The van der Waals surface area contributed by atoms with Gasteiger partial charge in [-0.05, 0) is 0 Å². The molecule has 9 heteroatoms. The van der Waals surface area contributed by atoms with Crippen LogP contribution in [-0.2, 0) is 9.59 Å². The number of ketones is 1. The number of carboxylic acid groups (broad SMARTS) is 1. The summed E-state index contributed by atoms with van der Waals surface area (Å²) in [7, 11) is 0. The van der Waals surface area contributed by atoms with Gasteiger partial charge >= 0.3 is 161 Å². The second-order valence-electron chi connectivity index (χ2n) is 5.48. The Hall–Kier alpha value is -3.03. The molecule has 0 aliphatic rings. The molecule has 2 aromatic carbocycles. The third-order valence-corrected chi connectivity index (χ3v) is 5.60. The number of nitro groups is 1. The first-order valence-corrected chi connectivity index (χ1v) is 9.94. The summed E-state index contributed by atoms with van der Waals surface area (Å²) in [6.45, 7) is 0. The number of aliphatic carboxylic acids is 1. The molecule has 0 fully saturated rings. The van der Waals surface area contributed by atoms with Gasteiger partial charge in [0.1, 0.15) is 0 Å². The molecule has 1 amide bonds. The maximum atomic E-state index is 12.2. The molecule has 0 aliphatic heterocycles. The van der Waals surface area contributed by atoms with E-state index in [2.05, 4.69) is 5.32 Å². The van der Waals surface area contributed by atoms with Crippen LogP contribution in [0.25, 0.3) is 0 Å². The van der Waals surface area contributed by atoms with Crippen molar-refractivity contribution in [3.8, 4) is 0 Å². The van der Waals surface area contributed by atoms with Crippen molar-refractivity contribution >= 4 is 48.5 Å². The topological polar surface area (TPSA) is 127 Å². The quantitative estimate of drug-likeness (QED) is 0.269. The number of hydrogen-bond acceptors (Lipinski definition) is 5. The van der Waals surface area contributed by atoms with Crippen LogP contribution in [-0.4, -0.2) is 42.6 Å². The molecule has 0 heterocycles. The van der Waals surface area contributed by atoms with Crippen molar-refractivity contribution in [2.45, 2.75) is 18.2 Å². The molecule has 0 aromatic heterocycles. The van der Waals surface area contributed by atoms with Gasteiger partial charge in [0.25, 0.3) is 0 Å². The SMILES string of the molecule is O=C(O)CCC(=O)Nc1ccc([Se]CC(=O)c2ccc([N+](=O)[O-])cc2)cc1. The summed E-state index contributed by atoms with van der Waals surface area (Å²) in [4.78, 5) is 44.3. The van der Waals surface area contributed by atoms with Crippen molar-refractivity contribution in [3.05, 3.63) is 64.2 Å². The standard InChI is InChI=1S/C18H16N2O6Se/c21-16(12-1-5-14(6-2-12)20(25)26)11-27-15-7-3-13(4-8-15)19-17(22)9-10-18(23)24/h1-8H,9-11H2,(H,19,22)(H,23,24). The van der Waals surface area contributed by atoms with Crippen LogP contribution in [0.5, 0.6) is 0 Å². The number of rotatable bonds is 9. The van der Waals surface area contributed by atoms with Gasteiger partial charge in [0.05, 0.1) is 0 Å². The number of non-ortho nitro benzene ring substituents is 1. The Balaban J connectivity index is 1.85. The Morgan fingerprint density at radius 2 is 1.63 bits per heavy atom. The van der Waals surface area contributed by atoms with Crippen LogP contribution in [0, 0.1) is 10.1 Å². The molecule has 0 unspecified atom stereocenters. The molecule has 2 rings (SSSR count). The number of carbonyl (C=O) groups is 3. The number of nitrogens with one attached hydrogen (secondary N) is 1. The molecule has 140 valence electrons. The van der Waals surface area contributed by atoms with Gasteiger partial charge in [0, 0.05) is 0 Å². The number of anilines is 1. The number of hydrogen-bond donors (Lipinski definition) is 2. The molecule has 8 nitrogen and oxygen atoms in total. The Kier molecular flexibility index (Phi) is 7.22. The molecule has 0 saturated heterocycles. The van der Waals surface area contributed by atoms with E-state index in [9.17, 15) is 24.5 Å². The van der Waals surface area contributed by atoms with E-state index in [-0.39, 0.29) is 45.2 Å². The number of benzene rings is 2. The van der Waals surface area contributed by atoms with E-state index in [0.717, 1.165) is 4.46 Å². The van der Waals surface area contributed by atoms with Gasteiger partial charge in [-0.1, -0.05) is 0 Å². The van der Waals surface area contributed by atoms with E-state index < -0.39 is 10.9 Å². The summed E-state index contributed by atoms with van der Waals surface area (Å²) in [5.74, 6) is -1.49. The minimum absolute atomic E-state index is 0.0574. The summed E-state index contributed by atoms with van der Waals surface area (Å²) in [5, 5.41) is 22.1. The third-order valence-electron chi connectivity index (χ3n) is 3.47. The third kappa shape index (κ3) is 6.65. The van der Waals surface area contributed by atoms with Gasteiger partial charge in [-0.2, -0.15) is 0 Å². The number of nitrogens with zero attached hydrogens (tertiary/aromatic N) is 1. The Morgan fingerprint density at radius 3 is 2.19 bits per heavy atom. The van der Waals surface area contributed by atoms with Crippen LogP contribution in [0.4, 0.5) is 11.4 Å². The van der Waals surface area contributed by atoms with Crippen molar-refractivity contribution < 1.29 is 24.4 Å². The van der Waals surface area contributed by atoms with Crippen LogP contribution in [0.1, 0.15) is 23.2 Å². The zero-order valence-corrected chi connectivity index (χ0v) is 15.8. The number of amides is 1. The van der Waals surface area contributed by atoms with Gasteiger partial charge in [-0.25, -0.2) is 0 Å². The predicted octanol–water partition coefficient (Wildman–Crippen LogP) is 2.03. The fraction of sp³-hybridized carbons (Fsp3) is 0.167. The first kappa shape index (κ1) is 20.3. The van der Waals surface area contributed by atoms with Crippen molar-refractivity contribution in [3.63, 3.8) is 0 Å². The van der Waals surface area contributed by atoms with Crippen molar-refractivity contribution in [1.82, 2.24) is 0 Å². The molecule has 27 heavy (non-hydrogen) atoms. The zero-order chi connectivity index (χ0) is 19.8. The number of nitro benzene ring substituents is 1. The van der Waals surface area contributed by atoms with E-state index in [4.69, 9.17) is 5.11 Å². The van der Waals surface area contributed by atoms with Gasteiger partial charge in [0.2, 0.25) is 0 Å². The van der Waals surface area contributed by atoms with Crippen LogP contribution < -0.4 is 9.78 Å². The first-order chi connectivity index (χ1) is 12.8. The minimum atomic E-state index is -1.03. The second kappa shape index (κ2) is 9.61. The number of carbonyl (C=O) groups excluding carboxylic acids is 2. The summed E-state index contributed by atoms with van der Waals surface area (Å²) in [6.07, 6.45) is -0.317. The summed E-state index contributed by atoms with van der Waals surface area (Å²) >= 11 is -0.120. The fourth-order valence-corrected chi connectivity index (χ4v) is 3.74. The molecule has 0 radical (unpaired) electrons. The van der Waals surface area contributed by atoms with Crippen LogP contribution in [0.3, 0.4) is 0 Å². The average Bonchev–Trinajstić information content (AvgIpc) is 2.65. The molecule has 0 bridgehead atoms. The van der Waals surface area contributed by atoms with Crippen molar-refractivity contribution in [2.24, 2.45) is 0 Å². The number of Topliss-reactive ketones (excluding diaryl/α,β-unsaturated/α-hetero) is 1. The van der Waals surface area contributed by atoms with E-state index in [1.807, 2.05) is 0 Å². The van der Waals surface area contributed by atoms with E-state index in [1.54, 1.807) is 24.3 Å². The summed E-state index contributed by atoms with van der Waals surface area (Å²) < 4.78 is 0.960. The molecular formula is C18H16N2O6Se. The molecule has 2 aromatic rings. The molecule has 0 saturated carbocycles. The molecular weight excluding hydrogens is 419 g/mol. The first-order valence-electron chi connectivity index (χ1n) is 7.87. The molecule has 0 aliphatic carbocycles. The second-order valence-corrected chi connectivity index (χ2v) is 7.68. The van der Waals surface area contributed by atoms with Gasteiger partial charge < -0.3 is 0 Å². The molecule has 2 N–H and O–H groups in total. The summed E-state index contributed by atoms with van der Waals surface area (Å²) in [5.41, 5.74) is 0.939. The zero-order valence-electron chi connectivity index (χ0n) is 14.1. The average molecular weight is 435 g/mol. The van der Waals surface area contributed by atoms with Gasteiger partial charge in [0.15, 0.2) is 0 Å². The Morgan fingerprint density at radius 1 is 1.00 bits per heavy atom. The van der Waals surface area contributed by atoms with Crippen LogP contribution >= 0.6 is 0 Å². The van der Waals surface area contributed by atoms with Crippen molar-refractivity contribution in [2.75, 3.05) is 5.32 Å². The normalized spacial score (nSPS) is 10.2. The monoisotopic (exact) mass is 436 g/mol. The fourth-order valence-electron chi connectivity index (χ4n) is 2.08. The molecule has 0 atom stereocenters. The number of carboxylic acids is 1. The Labute approximate surface area is 160 Å². The van der Waals surface area contributed by atoms with E-state index in [0.29, 0.717) is 16.6 Å². The van der Waals surface area contributed by atoms with Crippen LogP contribution in [0.15, 0.2) is 48.5 Å². The molecule has 0 spiro atoms. The Bertz CT molecular complexity index is 849. The van der Waals surface area contributed by atoms with Gasteiger partial charge in [-0.15, -0.1) is 0 Å². The van der Waals surface area contributed by atoms with Crippen LogP contribution in [0.2, 0.25) is 5.32 Å². The summed E-state index contributed by atoms with van der Waals surface area (Å²) in [6, 6.07) is 12.5. The van der Waals surface area contributed by atoms with Crippen molar-refractivity contribution in [1.29, 1.82) is 0 Å². The van der Waals surface area contributed by atoms with E-state index >= 15 is 0 Å². The van der Waals surface area contributed by atoms with E-state index in [1.165, 1.54) is 24.3 Å².